The third-order valence-corrected chi connectivity index (χ3v) is 4.45. The average Bonchev–Trinajstić information content (AvgIpc) is 2.85. The lowest BCUT2D eigenvalue weighted by Crippen LogP contribution is -2.63. The number of hydrogen-bond acceptors (Lipinski definition) is 4. The molecule has 20 heavy (non-hydrogen) atoms. The molecule has 0 aromatic carbocycles. The van der Waals surface area contributed by atoms with Gasteiger partial charge in [0.05, 0.1) is 6.04 Å². The highest BCUT2D eigenvalue weighted by atomic mass is 32.1. The molecule has 1 aromatic rings. The fraction of sp³-hybridized carbons (Fsp3) is 0.500. The van der Waals surface area contributed by atoms with Gasteiger partial charge in [0.2, 0.25) is 11.8 Å². The van der Waals surface area contributed by atoms with Gasteiger partial charge in [-0.25, -0.2) is 4.79 Å². The Bertz CT molecular complexity index is 549. The van der Waals surface area contributed by atoms with Crippen molar-refractivity contribution in [1.29, 1.82) is 0 Å². The SMILES string of the molecule is CC(C)C(c1cccs1)N1C(=O)NC(=O)C(C)(C)C1=O. The van der Waals surface area contributed by atoms with Gasteiger partial charge >= 0.3 is 6.03 Å². The smallest absolute Gasteiger partial charge is 0.277 e. The number of carbonyl (C=O) groups is 3. The highest BCUT2D eigenvalue weighted by Crippen LogP contribution is 2.36. The molecule has 0 aliphatic carbocycles. The number of rotatable bonds is 3. The fourth-order valence-corrected chi connectivity index (χ4v) is 3.26. The van der Waals surface area contributed by atoms with Crippen molar-refractivity contribution in [2.24, 2.45) is 11.3 Å². The summed E-state index contributed by atoms with van der Waals surface area (Å²) in [6.45, 7) is 6.98. The van der Waals surface area contributed by atoms with E-state index in [0.29, 0.717) is 0 Å². The summed E-state index contributed by atoms with van der Waals surface area (Å²) in [5.74, 6) is -0.928. The molecule has 1 aliphatic rings. The van der Waals surface area contributed by atoms with Gasteiger partial charge in [-0.3, -0.25) is 19.8 Å². The molecule has 1 aromatic heterocycles. The van der Waals surface area contributed by atoms with Gasteiger partial charge in [0.25, 0.3) is 0 Å². The zero-order valence-corrected chi connectivity index (χ0v) is 12.8. The number of urea groups is 1. The molecule has 0 saturated carbocycles. The summed E-state index contributed by atoms with van der Waals surface area (Å²) < 4.78 is 0. The molecule has 1 saturated heterocycles. The number of thiophene rings is 1. The maximum Gasteiger partial charge on any atom is 0.331 e. The fourth-order valence-electron chi connectivity index (χ4n) is 2.27. The molecule has 1 aliphatic heterocycles. The van der Waals surface area contributed by atoms with Gasteiger partial charge in [-0.05, 0) is 31.2 Å². The monoisotopic (exact) mass is 294 g/mol. The summed E-state index contributed by atoms with van der Waals surface area (Å²) in [7, 11) is 0. The minimum absolute atomic E-state index is 0.0624. The van der Waals surface area contributed by atoms with Crippen LogP contribution in [0.4, 0.5) is 4.79 Å². The lowest BCUT2D eigenvalue weighted by molar-refractivity contribution is -0.151. The Labute approximate surface area is 122 Å². The molecule has 1 fully saturated rings. The van der Waals surface area contributed by atoms with Crippen LogP contribution in [0.1, 0.15) is 38.6 Å². The summed E-state index contributed by atoms with van der Waals surface area (Å²) in [4.78, 5) is 38.6. The summed E-state index contributed by atoms with van der Waals surface area (Å²) in [6.07, 6.45) is 0. The van der Waals surface area contributed by atoms with E-state index >= 15 is 0 Å². The molecule has 0 radical (unpaired) electrons. The molecule has 1 unspecified atom stereocenters. The molecule has 0 spiro atoms. The minimum atomic E-state index is -1.22. The Hall–Kier alpha value is -1.69. The number of imide groups is 2. The van der Waals surface area contributed by atoms with Crippen molar-refractivity contribution in [2.75, 3.05) is 0 Å². The second kappa shape index (κ2) is 5.01. The summed E-state index contributed by atoms with van der Waals surface area (Å²) in [5, 5.41) is 4.19. The van der Waals surface area contributed by atoms with Gasteiger partial charge in [0, 0.05) is 4.88 Å². The lowest BCUT2D eigenvalue weighted by atomic mass is 9.86. The van der Waals surface area contributed by atoms with Crippen LogP contribution < -0.4 is 5.32 Å². The highest BCUT2D eigenvalue weighted by molar-refractivity contribution is 7.10. The van der Waals surface area contributed by atoms with Crippen LogP contribution in [0.3, 0.4) is 0 Å². The first-order valence-corrected chi connectivity index (χ1v) is 7.37. The third-order valence-electron chi connectivity index (χ3n) is 3.50. The first kappa shape index (κ1) is 14.7. The van der Waals surface area contributed by atoms with Crippen LogP contribution >= 0.6 is 11.3 Å². The molecule has 6 heteroatoms. The number of nitrogens with one attached hydrogen (secondary N) is 1. The minimum Gasteiger partial charge on any atom is -0.277 e. The normalized spacial score (nSPS) is 20.2. The summed E-state index contributed by atoms with van der Waals surface area (Å²) in [5.41, 5.74) is -1.22. The lowest BCUT2D eigenvalue weighted by Gasteiger charge is -2.40. The van der Waals surface area contributed by atoms with Gasteiger partial charge in [0.15, 0.2) is 0 Å². The highest BCUT2D eigenvalue weighted by Gasteiger charge is 2.50. The second-order valence-corrected chi connectivity index (χ2v) is 6.74. The van der Waals surface area contributed by atoms with Crippen molar-refractivity contribution in [1.82, 2.24) is 10.2 Å². The van der Waals surface area contributed by atoms with E-state index in [1.807, 2.05) is 31.4 Å². The van der Waals surface area contributed by atoms with E-state index in [9.17, 15) is 14.4 Å². The Balaban J connectivity index is 2.45. The number of barbiturate groups is 1. The average molecular weight is 294 g/mol. The molecule has 0 bridgehead atoms. The van der Waals surface area contributed by atoms with Crippen LogP contribution in [0.2, 0.25) is 0 Å². The van der Waals surface area contributed by atoms with E-state index in [2.05, 4.69) is 5.32 Å². The van der Waals surface area contributed by atoms with Crippen molar-refractivity contribution in [3.63, 3.8) is 0 Å². The van der Waals surface area contributed by atoms with Crippen LogP contribution in [-0.4, -0.2) is 22.7 Å². The maximum atomic E-state index is 12.6. The summed E-state index contributed by atoms with van der Waals surface area (Å²) in [6, 6.07) is 2.80. The largest absolute Gasteiger partial charge is 0.331 e. The van der Waals surface area contributed by atoms with Gasteiger partial charge < -0.3 is 0 Å². The zero-order chi connectivity index (χ0) is 15.1. The molecular formula is C14H18N2O3S. The van der Waals surface area contributed by atoms with Crippen LogP contribution in [-0.2, 0) is 9.59 Å². The Kier molecular flexibility index (Phi) is 3.69. The van der Waals surface area contributed by atoms with Gasteiger partial charge in [-0.2, -0.15) is 0 Å². The number of hydrogen-bond donors (Lipinski definition) is 1. The van der Waals surface area contributed by atoms with Crippen molar-refractivity contribution in [3.05, 3.63) is 22.4 Å². The number of nitrogens with zero attached hydrogens (tertiary/aromatic N) is 1. The second-order valence-electron chi connectivity index (χ2n) is 5.76. The molecule has 2 rings (SSSR count). The van der Waals surface area contributed by atoms with Crippen molar-refractivity contribution < 1.29 is 14.4 Å². The van der Waals surface area contributed by atoms with E-state index in [0.717, 1.165) is 4.88 Å². The summed E-state index contributed by atoms with van der Waals surface area (Å²) >= 11 is 1.50. The van der Waals surface area contributed by atoms with E-state index in [-0.39, 0.29) is 12.0 Å². The predicted molar refractivity (Wildman–Crippen MR) is 76.1 cm³/mol. The Morgan fingerprint density at radius 3 is 2.40 bits per heavy atom. The standard InChI is InChI=1S/C14H18N2O3S/c1-8(2)10(9-6-5-7-20-9)16-12(18)14(3,4)11(17)15-13(16)19/h5-8,10H,1-4H3,(H,15,17,19). The Morgan fingerprint density at radius 2 is 1.90 bits per heavy atom. The molecule has 2 heterocycles. The molecule has 108 valence electrons. The van der Waals surface area contributed by atoms with E-state index < -0.39 is 23.3 Å². The van der Waals surface area contributed by atoms with E-state index in [4.69, 9.17) is 0 Å². The molecule has 1 N–H and O–H groups in total. The van der Waals surface area contributed by atoms with Crippen LogP contribution in [0, 0.1) is 11.3 Å². The van der Waals surface area contributed by atoms with Crippen LogP contribution in [0.5, 0.6) is 0 Å². The zero-order valence-electron chi connectivity index (χ0n) is 12.0. The van der Waals surface area contributed by atoms with Crippen molar-refractivity contribution in [3.8, 4) is 0 Å². The topological polar surface area (TPSA) is 66.5 Å². The first-order valence-electron chi connectivity index (χ1n) is 6.49. The quantitative estimate of drug-likeness (QED) is 0.871. The number of amides is 4. The van der Waals surface area contributed by atoms with Crippen LogP contribution in [0.25, 0.3) is 0 Å². The molecule has 1 atom stereocenters. The van der Waals surface area contributed by atoms with E-state index in [1.54, 1.807) is 0 Å². The molecular weight excluding hydrogens is 276 g/mol. The van der Waals surface area contributed by atoms with Gasteiger partial charge in [-0.15, -0.1) is 11.3 Å². The van der Waals surface area contributed by atoms with Gasteiger partial charge in [-0.1, -0.05) is 19.9 Å². The van der Waals surface area contributed by atoms with E-state index in [1.165, 1.54) is 30.1 Å². The van der Waals surface area contributed by atoms with Crippen molar-refractivity contribution in [2.45, 2.75) is 33.7 Å². The third kappa shape index (κ3) is 2.24. The van der Waals surface area contributed by atoms with Crippen molar-refractivity contribution >= 4 is 29.2 Å². The molecule has 4 amide bonds. The van der Waals surface area contributed by atoms with Crippen LogP contribution in [0.15, 0.2) is 17.5 Å². The first-order chi connectivity index (χ1) is 9.26. The predicted octanol–water partition coefficient (Wildman–Crippen LogP) is 2.55. The maximum absolute atomic E-state index is 12.6. The molecule has 5 nitrogen and oxygen atoms in total. The number of carbonyl (C=O) groups excluding carboxylic acids is 3. The van der Waals surface area contributed by atoms with Gasteiger partial charge in [0.1, 0.15) is 5.41 Å². The Morgan fingerprint density at radius 1 is 1.25 bits per heavy atom.